The van der Waals surface area contributed by atoms with Crippen LogP contribution in [0.15, 0.2) is 65.6 Å². The molecule has 1 fully saturated rings. The van der Waals surface area contributed by atoms with Crippen molar-refractivity contribution in [1.29, 1.82) is 0 Å². The Kier molecular flexibility index (Phi) is 6.73. The van der Waals surface area contributed by atoms with E-state index in [-0.39, 0.29) is 50.1 Å². The molecule has 0 N–H and O–H groups in total. The highest BCUT2D eigenvalue weighted by molar-refractivity contribution is 7.89. The normalized spacial score (nSPS) is 15.3. The van der Waals surface area contributed by atoms with Gasteiger partial charge in [-0.15, -0.1) is 0 Å². The summed E-state index contributed by atoms with van der Waals surface area (Å²) in [5.41, 5.74) is 0.304. The molecule has 0 radical (unpaired) electrons. The summed E-state index contributed by atoms with van der Waals surface area (Å²) < 4.78 is 54.5. The summed E-state index contributed by atoms with van der Waals surface area (Å²) in [5.74, 6) is -1.46. The molecule has 9 heteroatoms. The second-order valence-corrected chi connectivity index (χ2v) is 10.1. The number of rotatable bonds is 6. The van der Waals surface area contributed by atoms with E-state index in [9.17, 15) is 22.0 Å². The van der Waals surface area contributed by atoms with Crippen molar-refractivity contribution in [1.82, 2.24) is 14.1 Å². The first-order valence-electron chi connectivity index (χ1n) is 10.6. The van der Waals surface area contributed by atoms with Crippen molar-refractivity contribution in [2.24, 2.45) is 0 Å². The fourth-order valence-corrected chi connectivity index (χ4v) is 5.44. The minimum atomic E-state index is -3.66. The van der Waals surface area contributed by atoms with E-state index in [1.165, 1.54) is 16.4 Å². The lowest BCUT2D eigenvalue weighted by molar-refractivity contribution is -0.133. The molecular formula is C24H25F2N3O3S. The van der Waals surface area contributed by atoms with Crippen LogP contribution < -0.4 is 0 Å². The minimum absolute atomic E-state index is 0.0498. The number of fused-ring (bicyclic) bond motifs is 1. The predicted octanol–water partition coefficient (Wildman–Crippen LogP) is 3.08. The van der Waals surface area contributed by atoms with E-state index in [0.717, 1.165) is 16.8 Å². The maximum Gasteiger partial charge on any atom is 0.243 e. The fourth-order valence-electron chi connectivity index (χ4n) is 3.98. The zero-order valence-corrected chi connectivity index (χ0v) is 19.1. The molecule has 0 saturated carbocycles. The molecule has 0 atom stereocenters. The van der Waals surface area contributed by atoms with Gasteiger partial charge < -0.3 is 4.90 Å². The van der Waals surface area contributed by atoms with E-state index in [0.29, 0.717) is 5.56 Å². The smallest absolute Gasteiger partial charge is 0.243 e. The van der Waals surface area contributed by atoms with Gasteiger partial charge in [-0.25, -0.2) is 17.2 Å². The summed E-state index contributed by atoms with van der Waals surface area (Å²) in [6.07, 6.45) is 0. The van der Waals surface area contributed by atoms with Crippen LogP contribution in [0, 0.1) is 11.6 Å². The first-order valence-corrected chi connectivity index (χ1v) is 12.1. The minimum Gasteiger partial charge on any atom is -0.339 e. The maximum atomic E-state index is 13.9. The van der Waals surface area contributed by atoms with Crippen LogP contribution in [0.2, 0.25) is 0 Å². The Bertz CT molecular complexity index is 1270. The molecule has 0 aliphatic carbocycles. The Labute approximate surface area is 192 Å². The van der Waals surface area contributed by atoms with Crippen LogP contribution in [-0.4, -0.2) is 68.2 Å². The van der Waals surface area contributed by atoms with E-state index in [2.05, 4.69) is 0 Å². The number of likely N-dealkylation sites (N-methyl/N-ethyl adjacent to an activating group) is 1. The Hall–Kier alpha value is -2.88. The molecule has 1 saturated heterocycles. The van der Waals surface area contributed by atoms with Gasteiger partial charge in [0.05, 0.1) is 11.4 Å². The van der Waals surface area contributed by atoms with Crippen molar-refractivity contribution in [3.8, 4) is 0 Å². The van der Waals surface area contributed by atoms with Crippen LogP contribution in [0.25, 0.3) is 10.8 Å². The van der Waals surface area contributed by atoms with E-state index in [1.807, 2.05) is 24.3 Å². The van der Waals surface area contributed by atoms with Crippen LogP contribution in [0.3, 0.4) is 0 Å². The number of amides is 1. The summed E-state index contributed by atoms with van der Waals surface area (Å²) in [6, 6.07) is 16.0. The molecule has 6 nitrogen and oxygen atoms in total. The van der Waals surface area contributed by atoms with Crippen LogP contribution in [0.4, 0.5) is 8.78 Å². The summed E-state index contributed by atoms with van der Waals surface area (Å²) >= 11 is 0. The second-order valence-electron chi connectivity index (χ2n) is 8.20. The quantitative estimate of drug-likeness (QED) is 0.552. The van der Waals surface area contributed by atoms with E-state index in [4.69, 9.17) is 0 Å². The van der Waals surface area contributed by atoms with E-state index in [1.54, 1.807) is 35.0 Å². The van der Waals surface area contributed by atoms with Gasteiger partial charge in [0.15, 0.2) is 0 Å². The van der Waals surface area contributed by atoms with Gasteiger partial charge in [0, 0.05) is 44.4 Å². The molecule has 1 heterocycles. The zero-order valence-electron chi connectivity index (χ0n) is 18.2. The van der Waals surface area contributed by atoms with Crippen LogP contribution in [0.5, 0.6) is 0 Å². The molecule has 174 valence electrons. The fraction of sp³-hybridized carbons (Fsp3) is 0.292. The molecule has 33 heavy (non-hydrogen) atoms. The Balaban J connectivity index is 1.35. The van der Waals surface area contributed by atoms with Crippen LogP contribution in [0.1, 0.15) is 5.56 Å². The molecule has 1 aliphatic heterocycles. The Morgan fingerprint density at radius 1 is 0.939 bits per heavy atom. The molecule has 4 rings (SSSR count). The molecular weight excluding hydrogens is 448 g/mol. The highest BCUT2D eigenvalue weighted by Gasteiger charge is 2.30. The molecule has 1 aliphatic rings. The van der Waals surface area contributed by atoms with Crippen molar-refractivity contribution in [2.45, 2.75) is 11.4 Å². The second kappa shape index (κ2) is 9.54. The molecule has 0 spiro atoms. The predicted molar refractivity (Wildman–Crippen MR) is 122 cm³/mol. The first kappa shape index (κ1) is 23.3. The number of sulfonamides is 1. The van der Waals surface area contributed by atoms with Gasteiger partial charge in [-0.1, -0.05) is 36.4 Å². The molecule has 3 aromatic rings. The lowest BCUT2D eigenvalue weighted by Crippen LogP contribution is -2.52. The zero-order chi connectivity index (χ0) is 23.6. The monoisotopic (exact) mass is 473 g/mol. The third-order valence-electron chi connectivity index (χ3n) is 5.81. The van der Waals surface area contributed by atoms with Gasteiger partial charge in [-0.2, -0.15) is 4.31 Å². The number of carbonyl (C=O) groups is 1. The SMILES string of the molecule is CN(CC(=O)N1CCN(S(=O)(=O)c2ccc3ccccc3c2)CC1)Cc1ccc(F)cc1F. The van der Waals surface area contributed by atoms with Gasteiger partial charge in [0.25, 0.3) is 0 Å². The van der Waals surface area contributed by atoms with E-state index < -0.39 is 21.7 Å². The van der Waals surface area contributed by atoms with Gasteiger partial charge in [0.2, 0.25) is 15.9 Å². The number of hydrogen-bond acceptors (Lipinski definition) is 4. The summed E-state index contributed by atoms with van der Waals surface area (Å²) in [7, 11) is -1.98. The average molecular weight is 474 g/mol. The number of benzene rings is 3. The van der Waals surface area contributed by atoms with Crippen molar-refractivity contribution < 1.29 is 22.0 Å². The third kappa shape index (κ3) is 5.21. The number of halogens is 2. The largest absolute Gasteiger partial charge is 0.339 e. The molecule has 3 aromatic carbocycles. The van der Waals surface area contributed by atoms with Gasteiger partial charge in [-0.05, 0) is 36.0 Å². The van der Waals surface area contributed by atoms with Crippen molar-refractivity contribution >= 4 is 26.7 Å². The van der Waals surface area contributed by atoms with Gasteiger partial charge in [0.1, 0.15) is 11.6 Å². The topological polar surface area (TPSA) is 60.9 Å². The molecule has 0 bridgehead atoms. The molecule has 1 amide bonds. The standard InChI is InChI=1S/C24H25F2N3O3S/c1-27(16-20-6-8-21(25)15-23(20)26)17-24(30)28-10-12-29(13-11-28)33(31,32)22-9-7-18-4-2-3-5-19(18)14-22/h2-9,14-15H,10-13,16-17H2,1H3. The Morgan fingerprint density at radius 2 is 1.64 bits per heavy atom. The van der Waals surface area contributed by atoms with E-state index >= 15 is 0 Å². The van der Waals surface area contributed by atoms with Crippen molar-refractivity contribution in [3.63, 3.8) is 0 Å². The number of carbonyl (C=O) groups excluding carboxylic acids is 1. The number of nitrogens with zero attached hydrogens (tertiary/aromatic N) is 3. The lowest BCUT2D eigenvalue weighted by atomic mass is 10.1. The average Bonchev–Trinajstić information content (AvgIpc) is 2.80. The number of hydrogen-bond donors (Lipinski definition) is 0. The highest BCUT2D eigenvalue weighted by atomic mass is 32.2. The van der Waals surface area contributed by atoms with Gasteiger partial charge >= 0.3 is 0 Å². The number of piperazine rings is 1. The van der Waals surface area contributed by atoms with Gasteiger partial charge in [-0.3, -0.25) is 9.69 Å². The summed E-state index contributed by atoms with van der Waals surface area (Å²) in [5, 5.41) is 1.82. The maximum absolute atomic E-state index is 13.9. The van der Waals surface area contributed by atoms with Crippen LogP contribution in [-0.2, 0) is 21.4 Å². The molecule has 0 aromatic heterocycles. The van der Waals surface area contributed by atoms with Crippen molar-refractivity contribution in [3.05, 3.63) is 77.9 Å². The lowest BCUT2D eigenvalue weighted by Gasteiger charge is -2.34. The highest BCUT2D eigenvalue weighted by Crippen LogP contribution is 2.23. The third-order valence-corrected chi connectivity index (χ3v) is 7.71. The summed E-state index contributed by atoms with van der Waals surface area (Å²) in [4.78, 5) is 16.2. The summed E-state index contributed by atoms with van der Waals surface area (Å²) in [6.45, 7) is 1.19. The Morgan fingerprint density at radius 3 is 2.33 bits per heavy atom. The first-order chi connectivity index (χ1) is 15.7. The van der Waals surface area contributed by atoms with Crippen molar-refractivity contribution in [2.75, 3.05) is 39.8 Å². The van der Waals surface area contributed by atoms with Crippen LogP contribution >= 0.6 is 0 Å². The molecule has 0 unspecified atom stereocenters.